The first-order chi connectivity index (χ1) is 12.3. The van der Waals surface area contributed by atoms with E-state index in [0.717, 1.165) is 26.9 Å². The number of carbonyl (C=O) groups excluding carboxylic acids is 1. The lowest BCUT2D eigenvalue weighted by atomic mass is 10.2. The summed E-state index contributed by atoms with van der Waals surface area (Å²) in [5.41, 5.74) is 2.69. The van der Waals surface area contributed by atoms with Crippen molar-refractivity contribution in [3.05, 3.63) is 75.1 Å². The maximum Gasteiger partial charge on any atom is 0.265 e. The van der Waals surface area contributed by atoms with Gasteiger partial charge in [-0.3, -0.25) is 4.79 Å². The second-order valence-corrected chi connectivity index (χ2v) is 9.99. The van der Waals surface area contributed by atoms with Gasteiger partial charge in [0.1, 0.15) is 4.21 Å². The predicted molar refractivity (Wildman–Crippen MR) is 108 cm³/mol. The van der Waals surface area contributed by atoms with E-state index in [2.05, 4.69) is 21.2 Å². The number of hydrogen-bond donors (Lipinski definition) is 1. The zero-order valence-electron chi connectivity index (χ0n) is 14.1. The third-order valence-electron chi connectivity index (χ3n) is 3.77. The Morgan fingerprint density at radius 2 is 1.62 bits per heavy atom. The smallest absolute Gasteiger partial charge is 0.265 e. The highest BCUT2D eigenvalue weighted by atomic mass is 79.9. The molecule has 0 atom stereocenters. The van der Waals surface area contributed by atoms with Gasteiger partial charge in [-0.25, -0.2) is 8.42 Å². The zero-order chi connectivity index (χ0) is 18.9. The summed E-state index contributed by atoms with van der Waals surface area (Å²) in [5, 5.41) is 2.80. The van der Waals surface area contributed by atoms with Gasteiger partial charge in [-0.1, -0.05) is 23.8 Å². The van der Waals surface area contributed by atoms with Crippen molar-refractivity contribution in [3.63, 3.8) is 0 Å². The summed E-state index contributed by atoms with van der Waals surface area (Å²) >= 11 is 4.37. The number of nitrogens with one attached hydrogen (secondary N) is 1. The summed E-state index contributed by atoms with van der Waals surface area (Å²) in [7, 11) is -3.63. The highest BCUT2D eigenvalue weighted by Crippen LogP contribution is 2.29. The fourth-order valence-electron chi connectivity index (χ4n) is 2.33. The van der Waals surface area contributed by atoms with Gasteiger partial charge in [0, 0.05) is 4.47 Å². The lowest BCUT2D eigenvalue weighted by Crippen LogP contribution is -2.10. The quantitative estimate of drug-likeness (QED) is 0.594. The molecule has 134 valence electrons. The van der Waals surface area contributed by atoms with Crippen molar-refractivity contribution in [3.8, 4) is 0 Å². The minimum atomic E-state index is -3.63. The van der Waals surface area contributed by atoms with Crippen LogP contribution < -0.4 is 5.32 Å². The standard InChI is InChI=1S/C19H16BrNO3S2/c1-12-3-6-14(7-4-12)26(23,24)18-10-9-17(25-18)19(22)21-16-8-5-13(2)11-15(16)20/h3-11H,1-2H3,(H,21,22). The molecule has 3 rings (SSSR count). The maximum atomic E-state index is 12.7. The highest BCUT2D eigenvalue weighted by Gasteiger charge is 2.22. The summed E-state index contributed by atoms with van der Waals surface area (Å²) < 4.78 is 26.3. The normalized spacial score (nSPS) is 11.3. The van der Waals surface area contributed by atoms with Gasteiger partial charge in [0.05, 0.1) is 15.5 Å². The number of amides is 1. The first kappa shape index (κ1) is 18.8. The Balaban J connectivity index is 1.85. The number of aryl methyl sites for hydroxylation is 2. The lowest BCUT2D eigenvalue weighted by molar-refractivity contribution is 0.103. The molecule has 1 N–H and O–H groups in total. The highest BCUT2D eigenvalue weighted by molar-refractivity contribution is 9.10. The Morgan fingerprint density at radius 1 is 0.962 bits per heavy atom. The van der Waals surface area contributed by atoms with E-state index in [-0.39, 0.29) is 15.0 Å². The number of hydrogen-bond acceptors (Lipinski definition) is 4. The third-order valence-corrected chi connectivity index (χ3v) is 7.78. The van der Waals surface area contributed by atoms with Crippen LogP contribution in [0.2, 0.25) is 0 Å². The molecule has 3 aromatic rings. The largest absolute Gasteiger partial charge is 0.320 e. The molecule has 0 aliphatic heterocycles. The van der Waals surface area contributed by atoms with Crippen molar-refractivity contribution in [2.75, 3.05) is 5.32 Å². The molecule has 4 nitrogen and oxygen atoms in total. The topological polar surface area (TPSA) is 63.2 Å². The fourth-order valence-corrected chi connectivity index (χ4v) is 5.52. The van der Waals surface area contributed by atoms with Crippen molar-refractivity contribution >= 4 is 48.7 Å². The van der Waals surface area contributed by atoms with E-state index >= 15 is 0 Å². The van der Waals surface area contributed by atoms with E-state index in [9.17, 15) is 13.2 Å². The summed E-state index contributed by atoms with van der Waals surface area (Å²) in [5.74, 6) is -0.343. The van der Waals surface area contributed by atoms with Gasteiger partial charge in [0.25, 0.3) is 5.91 Å². The molecular weight excluding hydrogens is 434 g/mol. The van der Waals surface area contributed by atoms with Crippen LogP contribution in [0.3, 0.4) is 0 Å². The summed E-state index contributed by atoms with van der Waals surface area (Å²) in [4.78, 5) is 13.0. The monoisotopic (exact) mass is 449 g/mol. The molecule has 0 bridgehead atoms. The molecule has 0 fully saturated rings. The molecule has 26 heavy (non-hydrogen) atoms. The minimum absolute atomic E-state index is 0.148. The van der Waals surface area contributed by atoms with Crippen molar-refractivity contribution in [2.24, 2.45) is 0 Å². The number of sulfone groups is 1. The molecule has 0 aliphatic carbocycles. The van der Waals surface area contributed by atoms with Crippen molar-refractivity contribution in [1.82, 2.24) is 0 Å². The number of anilines is 1. The molecule has 0 spiro atoms. The van der Waals surface area contributed by atoms with Crippen molar-refractivity contribution in [2.45, 2.75) is 23.0 Å². The fraction of sp³-hybridized carbons (Fsp3) is 0.105. The molecule has 1 heterocycles. The van der Waals surface area contributed by atoms with E-state index in [1.165, 1.54) is 12.1 Å². The van der Waals surface area contributed by atoms with Gasteiger partial charge >= 0.3 is 0 Å². The van der Waals surface area contributed by atoms with Crippen LogP contribution in [0.25, 0.3) is 0 Å². The van der Waals surface area contributed by atoms with Gasteiger partial charge in [-0.15, -0.1) is 11.3 Å². The second kappa shape index (κ2) is 7.34. The molecule has 0 radical (unpaired) electrons. The van der Waals surface area contributed by atoms with E-state index in [0.29, 0.717) is 10.6 Å². The lowest BCUT2D eigenvalue weighted by Gasteiger charge is -2.07. The molecule has 0 saturated carbocycles. The maximum absolute atomic E-state index is 12.7. The number of halogens is 1. The number of benzene rings is 2. The van der Waals surface area contributed by atoms with Crippen LogP contribution in [0.15, 0.2) is 68.2 Å². The van der Waals surface area contributed by atoms with Crippen LogP contribution in [-0.2, 0) is 9.84 Å². The predicted octanol–water partition coefficient (Wildman–Crippen LogP) is 5.21. The molecular formula is C19H16BrNO3S2. The van der Waals surface area contributed by atoms with Crippen LogP contribution in [0.5, 0.6) is 0 Å². The van der Waals surface area contributed by atoms with Crippen LogP contribution >= 0.6 is 27.3 Å². The van der Waals surface area contributed by atoms with E-state index in [1.807, 2.05) is 26.0 Å². The van der Waals surface area contributed by atoms with E-state index < -0.39 is 9.84 Å². The number of carbonyl (C=O) groups is 1. The Morgan fingerprint density at radius 3 is 2.27 bits per heavy atom. The number of thiophene rings is 1. The molecule has 0 saturated heterocycles. The van der Waals surface area contributed by atoms with Gasteiger partial charge in [0.2, 0.25) is 9.84 Å². The molecule has 2 aromatic carbocycles. The van der Waals surface area contributed by atoms with Gasteiger partial charge in [-0.2, -0.15) is 0 Å². The second-order valence-electron chi connectivity index (χ2n) is 5.87. The van der Waals surface area contributed by atoms with Crippen LogP contribution in [0, 0.1) is 13.8 Å². The minimum Gasteiger partial charge on any atom is -0.320 e. The number of rotatable bonds is 4. The van der Waals surface area contributed by atoms with Gasteiger partial charge in [0.15, 0.2) is 0 Å². The van der Waals surface area contributed by atoms with Crippen LogP contribution in [0.4, 0.5) is 5.69 Å². The van der Waals surface area contributed by atoms with Crippen LogP contribution in [-0.4, -0.2) is 14.3 Å². The SMILES string of the molecule is Cc1ccc(S(=O)(=O)c2ccc(C(=O)Nc3ccc(C)cc3Br)s2)cc1. The Labute approximate surface area is 164 Å². The summed E-state index contributed by atoms with van der Waals surface area (Å²) in [6, 6.07) is 15.3. The molecule has 7 heteroatoms. The zero-order valence-corrected chi connectivity index (χ0v) is 17.3. The molecule has 1 aromatic heterocycles. The molecule has 1 amide bonds. The van der Waals surface area contributed by atoms with Crippen molar-refractivity contribution in [1.29, 1.82) is 0 Å². The summed E-state index contributed by atoms with van der Waals surface area (Å²) in [6.07, 6.45) is 0. The first-order valence-corrected chi connectivity index (χ1v) is 10.9. The van der Waals surface area contributed by atoms with E-state index in [4.69, 9.17) is 0 Å². The molecule has 0 unspecified atom stereocenters. The van der Waals surface area contributed by atoms with Gasteiger partial charge in [-0.05, 0) is 71.7 Å². The Hall–Kier alpha value is -1.96. The van der Waals surface area contributed by atoms with E-state index in [1.54, 1.807) is 30.3 Å². The Kier molecular flexibility index (Phi) is 5.32. The van der Waals surface area contributed by atoms with Crippen molar-refractivity contribution < 1.29 is 13.2 Å². The summed E-state index contributed by atoms with van der Waals surface area (Å²) in [6.45, 7) is 3.85. The van der Waals surface area contributed by atoms with Gasteiger partial charge < -0.3 is 5.32 Å². The third kappa shape index (κ3) is 3.90. The average molecular weight is 450 g/mol. The Bertz CT molecular complexity index is 1070. The first-order valence-electron chi connectivity index (χ1n) is 7.76. The molecule has 0 aliphatic rings. The van der Waals surface area contributed by atoms with Crippen LogP contribution in [0.1, 0.15) is 20.8 Å². The average Bonchev–Trinajstić information content (AvgIpc) is 3.09.